The van der Waals surface area contributed by atoms with Crippen molar-refractivity contribution >= 4 is 39.1 Å². The second kappa shape index (κ2) is 8.72. The molecule has 0 saturated heterocycles. The summed E-state index contributed by atoms with van der Waals surface area (Å²) in [5, 5.41) is 9.48. The van der Waals surface area contributed by atoms with E-state index in [2.05, 4.69) is 22.0 Å². The molecule has 124 valence electrons. The van der Waals surface area contributed by atoms with Gasteiger partial charge in [-0.2, -0.15) is 5.26 Å². The summed E-state index contributed by atoms with van der Waals surface area (Å²) < 4.78 is 6.37. The van der Waals surface area contributed by atoms with E-state index in [1.807, 2.05) is 31.2 Å². The second-order valence-corrected chi connectivity index (χ2v) is 6.37. The number of benzene rings is 2. The average Bonchev–Trinajstić information content (AvgIpc) is 2.57. The molecule has 0 heterocycles. The van der Waals surface area contributed by atoms with Crippen LogP contribution in [-0.2, 0) is 4.79 Å². The number of halogens is 2. The maximum Gasteiger partial charge on any atom is 0.264 e. The lowest BCUT2D eigenvalue weighted by Gasteiger charge is -2.22. The van der Waals surface area contributed by atoms with E-state index < -0.39 is 0 Å². The average molecular weight is 408 g/mol. The first-order valence-corrected chi connectivity index (χ1v) is 8.51. The number of anilines is 1. The zero-order valence-corrected chi connectivity index (χ0v) is 15.5. The van der Waals surface area contributed by atoms with Crippen LogP contribution in [0.2, 0.25) is 5.02 Å². The van der Waals surface area contributed by atoms with Gasteiger partial charge in [0.15, 0.2) is 6.61 Å². The van der Waals surface area contributed by atoms with Crippen LogP contribution in [0, 0.1) is 18.3 Å². The number of rotatable bonds is 6. The minimum absolute atomic E-state index is 0.115. The van der Waals surface area contributed by atoms with Crippen molar-refractivity contribution in [2.24, 2.45) is 0 Å². The van der Waals surface area contributed by atoms with Gasteiger partial charge >= 0.3 is 0 Å². The molecule has 0 aliphatic heterocycles. The standard InChI is InChI=1S/C18H16BrClN2O2/c1-13-11-14(7-8-16(13)20)22(10-4-9-21)18(23)12-24-17-6-3-2-5-15(17)19/h2-3,5-8,11H,4,10,12H2,1H3. The zero-order valence-electron chi connectivity index (χ0n) is 13.1. The summed E-state index contributed by atoms with van der Waals surface area (Å²) in [5.41, 5.74) is 1.57. The van der Waals surface area contributed by atoms with E-state index >= 15 is 0 Å². The monoisotopic (exact) mass is 406 g/mol. The van der Waals surface area contributed by atoms with Crippen LogP contribution in [0.3, 0.4) is 0 Å². The molecule has 0 bridgehead atoms. The number of carbonyl (C=O) groups excluding carboxylic acids is 1. The highest BCUT2D eigenvalue weighted by molar-refractivity contribution is 9.10. The molecule has 1 amide bonds. The Morgan fingerprint density at radius 2 is 2.08 bits per heavy atom. The van der Waals surface area contributed by atoms with E-state index in [-0.39, 0.29) is 18.9 Å². The van der Waals surface area contributed by atoms with Gasteiger partial charge in [-0.3, -0.25) is 4.79 Å². The van der Waals surface area contributed by atoms with Crippen molar-refractivity contribution in [3.63, 3.8) is 0 Å². The molecule has 0 atom stereocenters. The number of nitrogens with zero attached hydrogens (tertiary/aromatic N) is 2. The molecular weight excluding hydrogens is 392 g/mol. The molecule has 0 aliphatic rings. The molecule has 6 heteroatoms. The Kier molecular flexibility index (Phi) is 6.65. The fraction of sp³-hybridized carbons (Fsp3) is 0.222. The van der Waals surface area contributed by atoms with Crippen LogP contribution in [0.15, 0.2) is 46.9 Å². The molecule has 24 heavy (non-hydrogen) atoms. The first kappa shape index (κ1) is 18.3. The molecule has 0 spiro atoms. The van der Waals surface area contributed by atoms with Gasteiger partial charge in [-0.05, 0) is 58.7 Å². The van der Waals surface area contributed by atoms with Crippen LogP contribution in [0.25, 0.3) is 0 Å². The molecule has 0 N–H and O–H groups in total. The Hall–Kier alpha value is -2.03. The third kappa shape index (κ3) is 4.73. The second-order valence-electron chi connectivity index (χ2n) is 5.11. The molecule has 0 unspecified atom stereocenters. The van der Waals surface area contributed by atoms with Crippen molar-refractivity contribution in [3.8, 4) is 11.8 Å². The van der Waals surface area contributed by atoms with E-state index in [0.29, 0.717) is 23.0 Å². The molecular formula is C18H16BrClN2O2. The number of nitriles is 1. The van der Waals surface area contributed by atoms with Gasteiger partial charge in [0, 0.05) is 17.3 Å². The van der Waals surface area contributed by atoms with Crippen LogP contribution in [0.4, 0.5) is 5.69 Å². The van der Waals surface area contributed by atoms with E-state index in [1.165, 1.54) is 0 Å². The molecule has 2 aromatic carbocycles. The molecule has 0 radical (unpaired) electrons. The first-order chi connectivity index (χ1) is 11.5. The van der Waals surface area contributed by atoms with Gasteiger partial charge in [0.1, 0.15) is 5.75 Å². The number of amides is 1. The predicted molar refractivity (Wildman–Crippen MR) is 98.4 cm³/mol. The number of carbonyl (C=O) groups is 1. The minimum atomic E-state index is -0.220. The van der Waals surface area contributed by atoms with Crippen molar-refractivity contribution in [2.45, 2.75) is 13.3 Å². The fourth-order valence-corrected chi connectivity index (χ4v) is 2.65. The van der Waals surface area contributed by atoms with Crippen molar-refractivity contribution < 1.29 is 9.53 Å². The lowest BCUT2D eigenvalue weighted by Crippen LogP contribution is -2.35. The largest absolute Gasteiger partial charge is 0.483 e. The molecule has 4 nitrogen and oxygen atoms in total. The van der Waals surface area contributed by atoms with Gasteiger partial charge in [0.2, 0.25) is 0 Å². The number of hydrogen-bond donors (Lipinski definition) is 0. The molecule has 0 aliphatic carbocycles. The molecule has 0 saturated carbocycles. The zero-order chi connectivity index (χ0) is 17.5. The topological polar surface area (TPSA) is 53.3 Å². The number of ether oxygens (including phenoxy) is 1. The van der Waals surface area contributed by atoms with Gasteiger partial charge in [0.05, 0.1) is 17.0 Å². The number of hydrogen-bond acceptors (Lipinski definition) is 3. The first-order valence-electron chi connectivity index (χ1n) is 7.33. The third-order valence-corrected chi connectivity index (χ3v) is 4.47. The lowest BCUT2D eigenvalue weighted by atomic mass is 10.2. The van der Waals surface area contributed by atoms with E-state index in [0.717, 1.165) is 10.0 Å². The number of aryl methyl sites for hydroxylation is 1. The molecule has 2 rings (SSSR count). The van der Waals surface area contributed by atoms with Crippen molar-refractivity contribution in [1.82, 2.24) is 0 Å². The summed E-state index contributed by atoms with van der Waals surface area (Å²) in [6.45, 7) is 2.06. The van der Waals surface area contributed by atoms with Gasteiger partial charge in [-0.1, -0.05) is 23.7 Å². The fourth-order valence-electron chi connectivity index (χ4n) is 2.14. The summed E-state index contributed by atoms with van der Waals surface area (Å²) in [5.74, 6) is 0.376. The Balaban J connectivity index is 2.14. The quantitative estimate of drug-likeness (QED) is 0.695. The Labute approximate surface area is 154 Å². The highest BCUT2D eigenvalue weighted by atomic mass is 79.9. The van der Waals surface area contributed by atoms with Gasteiger partial charge < -0.3 is 9.64 Å². The van der Waals surface area contributed by atoms with Gasteiger partial charge in [0.25, 0.3) is 5.91 Å². The van der Waals surface area contributed by atoms with Crippen LogP contribution in [-0.4, -0.2) is 19.1 Å². The van der Waals surface area contributed by atoms with Crippen LogP contribution >= 0.6 is 27.5 Å². The summed E-state index contributed by atoms with van der Waals surface area (Å²) in [4.78, 5) is 14.1. The summed E-state index contributed by atoms with van der Waals surface area (Å²) in [7, 11) is 0. The van der Waals surface area contributed by atoms with Crippen molar-refractivity contribution in [2.75, 3.05) is 18.1 Å². The predicted octanol–water partition coefficient (Wildman–Crippen LogP) is 4.74. The molecule has 2 aromatic rings. The normalized spacial score (nSPS) is 10.1. The summed E-state index contributed by atoms with van der Waals surface area (Å²) in [6, 6.07) is 14.7. The van der Waals surface area contributed by atoms with E-state index in [4.69, 9.17) is 21.6 Å². The Morgan fingerprint density at radius 3 is 2.75 bits per heavy atom. The third-order valence-electron chi connectivity index (χ3n) is 3.39. The molecule has 0 aromatic heterocycles. The summed E-state index contributed by atoms with van der Waals surface area (Å²) >= 11 is 9.42. The van der Waals surface area contributed by atoms with Crippen LogP contribution in [0.1, 0.15) is 12.0 Å². The Bertz CT molecular complexity index is 774. The minimum Gasteiger partial charge on any atom is -0.483 e. The highest BCUT2D eigenvalue weighted by Gasteiger charge is 2.17. The van der Waals surface area contributed by atoms with Crippen molar-refractivity contribution in [1.29, 1.82) is 5.26 Å². The van der Waals surface area contributed by atoms with Crippen LogP contribution in [0.5, 0.6) is 5.75 Å². The summed E-state index contributed by atoms with van der Waals surface area (Å²) in [6.07, 6.45) is 0.239. The van der Waals surface area contributed by atoms with E-state index in [1.54, 1.807) is 23.1 Å². The number of para-hydroxylation sites is 1. The van der Waals surface area contributed by atoms with Gasteiger partial charge in [-0.25, -0.2) is 0 Å². The Morgan fingerprint density at radius 1 is 1.33 bits per heavy atom. The smallest absolute Gasteiger partial charge is 0.264 e. The van der Waals surface area contributed by atoms with Crippen LogP contribution < -0.4 is 9.64 Å². The van der Waals surface area contributed by atoms with Gasteiger partial charge in [-0.15, -0.1) is 0 Å². The van der Waals surface area contributed by atoms with E-state index in [9.17, 15) is 4.79 Å². The SMILES string of the molecule is Cc1cc(N(CCC#N)C(=O)COc2ccccc2Br)ccc1Cl. The van der Waals surface area contributed by atoms with Crippen molar-refractivity contribution in [3.05, 3.63) is 57.5 Å². The maximum atomic E-state index is 12.6. The molecule has 0 fully saturated rings. The highest BCUT2D eigenvalue weighted by Crippen LogP contribution is 2.25. The maximum absolute atomic E-state index is 12.6. The lowest BCUT2D eigenvalue weighted by molar-refractivity contribution is -0.120.